The highest BCUT2D eigenvalue weighted by atomic mass is 35.5. The zero-order chi connectivity index (χ0) is 28.2. The topological polar surface area (TPSA) is 76.0 Å². The molecule has 0 fully saturated rings. The summed E-state index contributed by atoms with van der Waals surface area (Å²) in [5.74, 6) is -0.665. The van der Waals surface area contributed by atoms with Crippen LogP contribution in [0.4, 0.5) is 13.2 Å². The Bertz CT molecular complexity index is 1150. The number of ether oxygens (including phenoxy) is 4. The summed E-state index contributed by atoms with van der Waals surface area (Å²) in [5.41, 5.74) is -1.60. The number of aromatic nitrogens is 1. The molecule has 206 valence electrons. The summed E-state index contributed by atoms with van der Waals surface area (Å²) in [6.07, 6.45) is -3.12. The number of alkyl halides is 3. The van der Waals surface area contributed by atoms with Gasteiger partial charge in [0.25, 0.3) is 5.56 Å². The second-order valence-corrected chi connectivity index (χ2v) is 10.8. The van der Waals surface area contributed by atoms with E-state index in [4.69, 9.17) is 30.5 Å². The molecule has 2 rings (SSSR count). The monoisotopic (exact) mass is 547 g/mol. The average Bonchev–Trinajstić information content (AvgIpc) is 2.73. The Hall–Kier alpha value is -2.72. The van der Waals surface area contributed by atoms with Gasteiger partial charge in [-0.2, -0.15) is 13.2 Å². The van der Waals surface area contributed by atoms with Gasteiger partial charge in [0.05, 0.1) is 18.9 Å². The molecule has 0 saturated heterocycles. The van der Waals surface area contributed by atoms with Crippen LogP contribution in [0.5, 0.6) is 11.5 Å². The van der Waals surface area contributed by atoms with Crippen molar-refractivity contribution < 1.29 is 36.9 Å². The molecular weight excluding hydrogens is 515 g/mol. The number of rotatable bonds is 9. The van der Waals surface area contributed by atoms with Crippen molar-refractivity contribution in [2.45, 2.75) is 71.4 Å². The lowest BCUT2D eigenvalue weighted by atomic mass is 10.0. The van der Waals surface area contributed by atoms with Crippen molar-refractivity contribution in [3.05, 3.63) is 45.8 Å². The molecule has 1 aromatic heterocycles. The average molecular weight is 548 g/mol. The zero-order valence-electron chi connectivity index (χ0n) is 22.0. The van der Waals surface area contributed by atoms with Crippen LogP contribution in [0.1, 0.15) is 54.0 Å². The van der Waals surface area contributed by atoms with E-state index in [1.54, 1.807) is 20.8 Å². The summed E-state index contributed by atoms with van der Waals surface area (Å²) in [7, 11) is 1.33. The zero-order valence-corrected chi connectivity index (χ0v) is 22.7. The Morgan fingerprint density at radius 3 is 2.16 bits per heavy atom. The summed E-state index contributed by atoms with van der Waals surface area (Å²) < 4.78 is 61.3. The summed E-state index contributed by atoms with van der Waals surface area (Å²) in [6.45, 7) is 9.35. The van der Waals surface area contributed by atoms with Crippen LogP contribution in [-0.2, 0) is 14.3 Å². The van der Waals surface area contributed by atoms with Crippen LogP contribution in [0.25, 0.3) is 11.1 Å². The molecular formula is C26H33ClF3NO6. The van der Waals surface area contributed by atoms with Gasteiger partial charge in [-0.05, 0) is 59.7 Å². The van der Waals surface area contributed by atoms with Crippen molar-refractivity contribution in [3.8, 4) is 22.6 Å². The fourth-order valence-corrected chi connectivity index (χ4v) is 3.53. The first-order chi connectivity index (χ1) is 16.9. The van der Waals surface area contributed by atoms with Gasteiger partial charge in [-0.1, -0.05) is 11.6 Å². The lowest BCUT2D eigenvalue weighted by Crippen LogP contribution is -2.36. The van der Waals surface area contributed by atoms with Gasteiger partial charge in [0.15, 0.2) is 6.61 Å². The van der Waals surface area contributed by atoms with Crippen molar-refractivity contribution in [2.24, 2.45) is 0 Å². The van der Waals surface area contributed by atoms with E-state index in [1.165, 1.54) is 36.1 Å². The summed E-state index contributed by atoms with van der Waals surface area (Å²) in [5, 5.41) is 0.214. The molecule has 37 heavy (non-hydrogen) atoms. The van der Waals surface area contributed by atoms with Gasteiger partial charge in [0.2, 0.25) is 0 Å². The third-order valence-electron chi connectivity index (χ3n) is 4.83. The molecule has 0 spiro atoms. The number of pyridine rings is 1. The minimum Gasteiger partial charge on any atom is -0.495 e. The van der Waals surface area contributed by atoms with Gasteiger partial charge in [0, 0.05) is 35.2 Å². The van der Waals surface area contributed by atoms with Gasteiger partial charge >= 0.3 is 12.1 Å². The molecule has 0 saturated carbocycles. The minimum absolute atomic E-state index is 0.115. The highest BCUT2D eigenvalue weighted by Crippen LogP contribution is 2.38. The van der Waals surface area contributed by atoms with E-state index in [-0.39, 0.29) is 40.7 Å². The molecule has 11 heteroatoms. The quantitative estimate of drug-likeness (QED) is 0.348. The Labute approximate surface area is 219 Å². The van der Waals surface area contributed by atoms with Crippen molar-refractivity contribution in [3.63, 3.8) is 0 Å². The van der Waals surface area contributed by atoms with Gasteiger partial charge < -0.3 is 18.9 Å². The first-order valence-corrected chi connectivity index (χ1v) is 11.9. The molecule has 2 aromatic rings. The molecule has 1 atom stereocenters. The molecule has 0 aliphatic rings. The maximum absolute atomic E-state index is 13.3. The van der Waals surface area contributed by atoms with Crippen molar-refractivity contribution in [2.75, 3.05) is 20.3 Å². The normalized spacial score (nSPS) is 13.3. The molecule has 0 amide bonds. The number of halogens is 4. The second-order valence-electron chi connectivity index (χ2n) is 10.3. The van der Waals surface area contributed by atoms with Crippen LogP contribution < -0.4 is 15.0 Å². The maximum Gasteiger partial charge on any atom is 0.422 e. The van der Waals surface area contributed by atoms with E-state index in [9.17, 15) is 22.8 Å². The lowest BCUT2D eigenvalue weighted by Gasteiger charge is -2.27. The lowest BCUT2D eigenvalue weighted by molar-refractivity contribution is -0.160. The summed E-state index contributed by atoms with van der Waals surface area (Å²) in [6, 6.07) is 4.14. The van der Waals surface area contributed by atoms with E-state index in [0.717, 1.165) is 6.07 Å². The molecule has 0 radical (unpaired) electrons. The predicted octanol–water partition coefficient (Wildman–Crippen LogP) is 6.21. The fourth-order valence-electron chi connectivity index (χ4n) is 3.36. The number of nitrogens with zero attached hydrogens (tertiary/aromatic N) is 1. The van der Waals surface area contributed by atoms with Crippen LogP contribution >= 0.6 is 11.6 Å². The number of hydrogen-bond acceptors (Lipinski definition) is 6. The summed E-state index contributed by atoms with van der Waals surface area (Å²) in [4.78, 5) is 26.3. The van der Waals surface area contributed by atoms with E-state index < -0.39 is 41.6 Å². The third kappa shape index (κ3) is 9.59. The van der Waals surface area contributed by atoms with E-state index in [0.29, 0.717) is 0 Å². The van der Waals surface area contributed by atoms with Crippen LogP contribution in [0.3, 0.4) is 0 Å². The van der Waals surface area contributed by atoms with Crippen LogP contribution in [-0.4, -0.2) is 48.2 Å². The maximum atomic E-state index is 13.3. The molecule has 1 unspecified atom stereocenters. The smallest absolute Gasteiger partial charge is 0.422 e. The highest BCUT2D eigenvalue weighted by molar-refractivity contribution is 6.31. The summed E-state index contributed by atoms with van der Waals surface area (Å²) >= 11 is 6.09. The molecule has 0 aliphatic heterocycles. The van der Waals surface area contributed by atoms with E-state index in [2.05, 4.69) is 0 Å². The predicted molar refractivity (Wildman–Crippen MR) is 134 cm³/mol. The van der Waals surface area contributed by atoms with E-state index in [1.807, 2.05) is 20.8 Å². The van der Waals surface area contributed by atoms with Gasteiger partial charge in [-0.15, -0.1) is 0 Å². The second kappa shape index (κ2) is 11.8. The van der Waals surface area contributed by atoms with Crippen LogP contribution in [0.15, 0.2) is 35.3 Å². The Morgan fingerprint density at radius 1 is 1.00 bits per heavy atom. The highest BCUT2D eigenvalue weighted by Gasteiger charge is 2.31. The molecule has 1 aromatic carbocycles. The van der Waals surface area contributed by atoms with Crippen molar-refractivity contribution in [1.29, 1.82) is 0 Å². The van der Waals surface area contributed by atoms with Gasteiger partial charge in [-0.3, -0.25) is 9.36 Å². The van der Waals surface area contributed by atoms with Gasteiger partial charge in [0.1, 0.15) is 23.1 Å². The number of benzene rings is 1. The van der Waals surface area contributed by atoms with Crippen LogP contribution in [0, 0.1) is 0 Å². The van der Waals surface area contributed by atoms with E-state index >= 15 is 0 Å². The minimum atomic E-state index is -4.57. The largest absolute Gasteiger partial charge is 0.495 e. The molecule has 0 bridgehead atoms. The van der Waals surface area contributed by atoms with Crippen LogP contribution in [0.2, 0.25) is 5.02 Å². The Morgan fingerprint density at radius 2 is 1.62 bits per heavy atom. The molecule has 0 aliphatic carbocycles. The molecule has 7 nitrogen and oxygen atoms in total. The molecule has 0 N–H and O–H groups in total. The van der Waals surface area contributed by atoms with Gasteiger partial charge in [-0.25, -0.2) is 4.79 Å². The third-order valence-corrected chi connectivity index (χ3v) is 5.06. The first kappa shape index (κ1) is 30.5. The number of carbonyl (C=O) groups is 1. The molecule has 1 heterocycles. The standard InChI is InChI=1S/C26H33ClF3NO6/c1-24(2,3)36-11-10-19(23(33)37-25(4,5)6)31-14-21(34-7)18(13-22(31)32)17-12-16(27)8-9-20(17)35-15-26(28,29)30/h8-9,12-14,19H,10-11,15H2,1-7H3. The van der Waals surface area contributed by atoms with Crippen molar-refractivity contribution in [1.82, 2.24) is 4.57 Å². The first-order valence-electron chi connectivity index (χ1n) is 11.6. The Kier molecular flexibility index (Phi) is 9.70. The number of carbonyl (C=O) groups excluding carboxylic acids is 1. The Balaban J connectivity index is 2.58. The number of hydrogen-bond donors (Lipinski definition) is 0. The number of methoxy groups -OCH3 is 1. The SMILES string of the molecule is COc1cn(C(CCOC(C)(C)C)C(=O)OC(C)(C)C)c(=O)cc1-c1cc(Cl)ccc1OCC(F)(F)F. The fraction of sp³-hybridized carbons (Fsp3) is 0.538. The van der Waals surface area contributed by atoms with Crippen molar-refractivity contribution >= 4 is 17.6 Å². The number of esters is 1.